The molecule has 0 fully saturated rings. The maximum Gasteiger partial charge on any atom is 0.0207 e. The summed E-state index contributed by atoms with van der Waals surface area (Å²) in [5.41, 5.74) is 1.38. The second-order valence-electron chi connectivity index (χ2n) is 6.03. The van der Waals surface area contributed by atoms with Gasteiger partial charge in [-0.15, -0.1) is 0 Å². The minimum atomic E-state index is 0.635. The van der Waals surface area contributed by atoms with E-state index in [0.29, 0.717) is 6.04 Å². The van der Waals surface area contributed by atoms with Crippen LogP contribution in [0, 0.1) is 0 Å². The minimum Gasteiger partial charge on any atom is -0.310 e. The summed E-state index contributed by atoms with van der Waals surface area (Å²) in [5.74, 6) is 0. The lowest BCUT2D eigenvalue weighted by Gasteiger charge is -2.13. The summed E-state index contributed by atoms with van der Waals surface area (Å²) in [6.45, 7) is 5.59. The molecule has 1 atom stereocenters. The van der Waals surface area contributed by atoms with E-state index in [1.54, 1.807) is 0 Å². The van der Waals surface area contributed by atoms with Crippen LogP contribution in [-0.4, -0.2) is 6.04 Å². The lowest BCUT2D eigenvalue weighted by atomic mass is 10.1. The van der Waals surface area contributed by atoms with Crippen molar-refractivity contribution in [3.05, 3.63) is 35.9 Å². The predicted molar refractivity (Wildman–Crippen MR) is 90.0 cm³/mol. The molecule has 114 valence electrons. The molecule has 0 saturated heterocycles. The molecular formula is C19H33N. The Morgan fingerprint density at radius 1 is 0.850 bits per heavy atom. The molecule has 1 aromatic carbocycles. The van der Waals surface area contributed by atoms with Crippen LogP contribution in [0.1, 0.15) is 77.2 Å². The van der Waals surface area contributed by atoms with Gasteiger partial charge in [0.1, 0.15) is 0 Å². The topological polar surface area (TPSA) is 12.0 Å². The van der Waals surface area contributed by atoms with Gasteiger partial charge in [0.05, 0.1) is 0 Å². The van der Waals surface area contributed by atoms with Gasteiger partial charge in [-0.25, -0.2) is 0 Å². The van der Waals surface area contributed by atoms with Crippen LogP contribution in [0.3, 0.4) is 0 Å². The molecule has 0 spiro atoms. The van der Waals surface area contributed by atoms with Gasteiger partial charge in [-0.2, -0.15) is 0 Å². The van der Waals surface area contributed by atoms with E-state index in [1.807, 2.05) is 0 Å². The van der Waals surface area contributed by atoms with Gasteiger partial charge in [0, 0.05) is 12.6 Å². The van der Waals surface area contributed by atoms with Crippen molar-refractivity contribution < 1.29 is 0 Å². The van der Waals surface area contributed by atoms with Crippen molar-refractivity contribution in [3.63, 3.8) is 0 Å². The Labute approximate surface area is 126 Å². The lowest BCUT2D eigenvalue weighted by molar-refractivity contribution is 0.476. The standard InChI is InChI=1S/C19H33N/c1-3-4-5-6-7-8-9-11-14-18(2)20-17-19-15-12-10-13-16-19/h10,12-13,15-16,18,20H,3-9,11,14,17H2,1-2H3/t18-/m1/s1. The van der Waals surface area contributed by atoms with Gasteiger partial charge in [-0.05, 0) is 18.9 Å². The molecule has 0 radical (unpaired) electrons. The van der Waals surface area contributed by atoms with Crippen LogP contribution < -0.4 is 5.32 Å². The molecule has 1 nitrogen and oxygen atoms in total. The first kappa shape index (κ1) is 17.2. The first-order chi connectivity index (χ1) is 9.83. The van der Waals surface area contributed by atoms with Crippen LogP contribution in [0.2, 0.25) is 0 Å². The fourth-order valence-electron chi connectivity index (χ4n) is 2.57. The lowest BCUT2D eigenvalue weighted by Crippen LogP contribution is -2.25. The predicted octanol–water partition coefficient (Wildman–Crippen LogP) is 5.70. The second-order valence-corrected chi connectivity index (χ2v) is 6.03. The maximum absolute atomic E-state index is 3.62. The minimum absolute atomic E-state index is 0.635. The first-order valence-corrected chi connectivity index (χ1v) is 8.60. The number of hydrogen-bond donors (Lipinski definition) is 1. The van der Waals surface area contributed by atoms with Crippen LogP contribution in [0.5, 0.6) is 0 Å². The Balaban J connectivity index is 1.91. The van der Waals surface area contributed by atoms with Crippen molar-refractivity contribution in [1.29, 1.82) is 0 Å². The summed E-state index contributed by atoms with van der Waals surface area (Å²) in [6.07, 6.45) is 12.6. The van der Waals surface area contributed by atoms with Crippen LogP contribution in [0.25, 0.3) is 0 Å². The normalized spacial score (nSPS) is 12.5. The van der Waals surface area contributed by atoms with Crippen molar-refractivity contribution in [3.8, 4) is 0 Å². The third-order valence-electron chi connectivity index (χ3n) is 3.99. The zero-order chi connectivity index (χ0) is 14.5. The Morgan fingerprint density at radius 2 is 1.45 bits per heavy atom. The molecule has 0 unspecified atom stereocenters. The molecule has 0 heterocycles. The van der Waals surface area contributed by atoms with Crippen molar-refractivity contribution in [2.24, 2.45) is 0 Å². The second kappa shape index (κ2) is 12.0. The molecule has 0 amide bonds. The number of nitrogens with one attached hydrogen (secondary N) is 1. The zero-order valence-corrected chi connectivity index (χ0v) is 13.5. The number of hydrogen-bond acceptors (Lipinski definition) is 1. The van der Waals surface area contributed by atoms with E-state index in [2.05, 4.69) is 49.5 Å². The highest BCUT2D eigenvalue weighted by Gasteiger charge is 2.01. The van der Waals surface area contributed by atoms with Gasteiger partial charge >= 0.3 is 0 Å². The SMILES string of the molecule is CCCCCCCCCC[C@@H](C)NCc1ccccc1. The van der Waals surface area contributed by atoms with Crippen molar-refractivity contribution in [2.75, 3.05) is 0 Å². The molecule has 1 aromatic rings. The fraction of sp³-hybridized carbons (Fsp3) is 0.684. The summed E-state index contributed by atoms with van der Waals surface area (Å²) in [6, 6.07) is 11.3. The van der Waals surface area contributed by atoms with Gasteiger partial charge in [0.25, 0.3) is 0 Å². The molecular weight excluding hydrogens is 242 g/mol. The van der Waals surface area contributed by atoms with Crippen LogP contribution in [0.15, 0.2) is 30.3 Å². The molecule has 0 aliphatic carbocycles. The van der Waals surface area contributed by atoms with E-state index in [0.717, 1.165) is 6.54 Å². The molecule has 1 N–H and O–H groups in total. The smallest absolute Gasteiger partial charge is 0.0207 e. The van der Waals surface area contributed by atoms with E-state index in [-0.39, 0.29) is 0 Å². The summed E-state index contributed by atoms with van der Waals surface area (Å²) < 4.78 is 0. The Hall–Kier alpha value is -0.820. The average molecular weight is 275 g/mol. The molecule has 0 aliphatic rings. The zero-order valence-electron chi connectivity index (χ0n) is 13.5. The third-order valence-corrected chi connectivity index (χ3v) is 3.99. The van der Waals surface area contributed by atoms with Gasteiger partial charge < -0.3 is 5.32 Å². The summed E-state index contributed by atoms with van der Waals surface area (Å²) in [7, 11) is 0. The quantitative estimate of drug-likeness (QED) is 0.483. The fourth-order valence-corrected chi connectivity index (χ4v) is 2.57. The van der Waals surface area contributed by atoms with E-state index in [9.17, 15) is 0 Å². The third kappa shape index (κ3) is 9.14. The number of unbranched alkanes of at least 4 members (excludes halogenated alkanes) is 7. The van der Waals surface area contributed by atoms with Crippen LogP contribution >= 0.6 is 0 Å². The Morgan fingerprint density at radius 3 is 2.10 bits per heavy atom. The van der Waals surface area contributed by atoms with Gasteiger partial charge in [0.15, 0.2) is 0 Å². The van der Waals surface area contributed by atoms with E-state index >= 15 is 0 Å². The van der Waals surface area contributed by atoms with E-state index < -0.39 is 0 Å². The van der Waals surface area contributed by atoms with Gasteiger partial charge in [0.2, 0.25) is 0 Å². The monoisotopic (exact) mass is 275 g/mol. The number of rotatable bonds is 12. The maximum atomic E-state index is 3.62. The van der Waals surface area contributed by atoms with E-state index in [1.165, 1.54) is 63.4 Å². The molecule has 1 rings (SSSR count). The molecule has 0 saturated carbocycles. The summed E-state index contributed by atoms with van der Waals surface area (Å²) in [4.78, 5) is 0. The Kier molecular flexibility index (Phi) is 10.3. The summed E-state index contributed by atoms with van der Waals surface area (Å²) in [5, 5.41) is 3.62. The highest BCUT2D eigenvalue weighted by atomic mass is 14.9. The molecule has 0 bridgehead atoms. The highest BCUT2D eigenvalue weighted by Crippen LogP contribution is 2.10. The summed E-state index contributed by atoms with van der Waals surface area (Å²) >= 11 is 0. The Bertz CT molecular complexity index is 307. The molecule has 1 heteroatoms. The molecule has 20 heavy (non-hydrogen) atoms. The average Bonchev–Trinajstić information content (AvgIpc) is 2.49. The van der Waals surface area contributed by atoms with Crippen molar-refractivity contribution in [1.82, 2.24) is 5.32 Å². The van der Waals surface area contributed by atoms with Crippen LogP contribution in [0.4, 0.5) is 0 Å². The van der Waals surface area contributed by atoms with Crippen molar-refractivity contribution in [2.45, 2.75) is 84.2 Å². The highest BCUT2D eigenvalue weighted by molar-refractivity contribution is 5.14. The first-order valence-electron chi connectivity index (χ1n) is 8.60. The van der Waals surface area contributed by atoms with Gasteiger partial charge in [-0.3, -0.25) is 0 Å². The van der Waals surface area contributed by atoms with Gasteiger partial charge in [-0.1, -0.05) is 88.6 Å². The van der Waals surface area contributed by atoms with Crippen LogP contribution in [-0.2, 0) is 6.54 Å². The molecule has 0 aromatic heterocycles. The van der Waals surface area contributed by atoms with E-state index in [4.69, 9.17) is 0 Å². The molecule has 0 aliphatic heterocycles. The van der Waals surface area contributed by atoms with Crippen molar-refractivity contribution >= 4 is 0 Å². The number of benzene rings is 1. The largest absolute Gasteiger partial charge is 0.310 e.